The minimum Gasteiger partial charge on any atom is -0.303 e. The van der Waals surface area contributed by atoms with Gasteiger partial charge in [0.1, 0.15) is 0 Å². The van der Waals surface area contributed by atoms with E-state index in [1.165, 1.54) is 12.8 Å². The third-order valence-corrected chi connectivity index (χ3v) is 2.57. The lowest BCUT2D eigenvalue weighted by Gasteiger charge is -2.15. The second-order valence-electron chi connectivity index (χ2n) is 3.79. The van der Waals surface area contributed by atoms with E-state index in [1.54, 1.807) is 24.5 Å². The molecule has 84 valence electrons. The highest BCUT2D eigenvalue weighted by Gasteiger charge is 2.06. The van der Waals surface area contributed by atoms with Crippen molar-refractivity contribution in [1.29, 1.82) is 0 Å². The van der Waals surface area contributed by atoms with E-state index in [2.05, 4.69) is 21.9 Å². The number of nitrogens with one attached hydrogen (secondary N) is 2. The van der Waals surface area contributed by atoms with Gasteiger partial charge in [0.15, 0.2) is 0 Å². The number of hydrogen-bond acceptors (Lipinski definition) is 3. The number of carbonyl (C=O) groups is 1. The Bertz CT molecular complexity index is 387. The van der Waals surface area contributed by atoms with Gasteiger partial charge in [0.05, 0.1) is 0 Å². The molecular weight excluding hydrogens is 202 g/mol. The van der Waals surface area contributed by atoms with Crippen molar-refractivity contribution in [3.05, 3.63) is 41.9 Å². The molecule has 0 unspecified atom stereocenters. The maximum absolute atomic E-state index is 11.7. The first-order valence-electron chi connectivity index (χ1n) is 5.52. The molecule has 0 bridgehead atoms. The zero-order chi connectivity index (χ0) is 11.2. The van der Waals surface area contributed by atoms with Gasteiger partial charge in [0.2, 0.25) is 0 Å². The minimum atomic E-state index is -0.131. The number of hydrogen-bond donors (Lipinski definition) is 2. The number of amides is 1. The molecule has 4 nitrogen and oxygen atoms in total. The standard InChI is InChI=1S/C12H15N3O/c16-12(10-6-8-13-9-7-10)15-14-11-4-2-1-3-5-11/h4,6-9,14H,1-3,5H2,(H,15,16). The molecule has 2 N–H and O–H groups in total. The third kappa shape index (κ3) is 2.82. The molecule has 0 radical (unpaired) electrons. The summed E-state index contributed by atoms with van der Waals surface area (Å²) in [5.74, 6) is -0.131. The fourth-order valence-corrected chi connectivity index (χ4v) is 1.66. The summed E-state index contributed by atoms with van der Waals surface area (Å²) >= 11 is 0. The maximum atomic E-state index is 11.7. The molecule has 1 aromatic rings. The SMILES string of the molecule is O=C(NNC1=CCCCC1)c1ccncc1. The summed E-state index contributed by atoms with van der Waals surface area (Å²) in [4.78, 5) is 15.5. The summed E-state index contributed by atoms with van der Waals surface area (Å²) in [6.45, 7) is 0. The van der Waals surface area contributed by atoms with Crippen LogP contribution in [-0.2, 0) is 0 Å². The van der Waals surface area contributed by atoms with Crippen LogP contribution in [0.3, 0.4) is 0 Å². The molecule has 0 saturated heterocycles. The second kappa shape index (κ2) is 5.30. The number of hydrazine groups is 1. The molecule has 16 heavy (non-hydrogen) atoms. The zero-order valence-corrected chi connectivity index (χ0v) is 9.07. The molecule has 0 fully saturated rings. The Morgan fingerprint density at radius 3 is 2.75 bits per heavy atom. The van der Waals surface area contributed by atoms with Crippen molar-refractivity contribution in [2.24, 2.45) is 0 Å². The van der Waals surface area contributed by atoms with Crippen LogP contribution < -0.4 is 10.9 Å². The topological polar surface area (TPSA) is 54.0 Å². The van der Waals surface area contributed by atoms with Crippen LogP contribution in [-0.4, -0.2) is 10.9 Å². The van der Waals surface area contributed by atoms with Crippen LogP contribution in [0.5, 0.6) is 0 Å². The molecule has 0 saturated carbocycles. The summed E-state index contributed by atoms with van der Waals surface area (Å²) in [6, 6.07) is 3.37. The fraction of sp³-hybridized carbons (Fsp3) is 0.333. The summed E-state index contributed by atoms with van der Waals surface area (Å²) in [6.07, 6.45) is 9.87. The van der Waals surface area contributed by atoms with Crippen molar-refractivity contribution >= 4 is 5.91 Å². The van der Waals surface area contributed by atoms with Crippen LogP contribution in [0.15, 0.2) is 36.3 Å². The van der Waals surface area contributed by atoms with Crippen LogP contribution >= 0.6 is 0 Å². The van der Waals surface area contributed by atoms with Crippen LogP contribution in [0.4, 0.5) is 0 Å². The van der Waals surface area contributed by atoms with Crippen LogP contribution in [0, 0.1) is 0 Å². The van der Waals surface area contributed by atoms with Gasteiger partial charge >= 0.3 is 0 Å². The normalized spacial score (nSPS) is 15.1. The first-order chi connectivity index (χ1) is 7.86. The molecule has 1 aliphatic carbocycles. The van der Waals surface area contributed by atoms with Gasteiger partial charge in [-0.15, -0.1) is 0 Å². The molecule has 1 aliphatic rings. The molecular formula is C12H15N3O. The molecule has 1 aromatic heterocycles. The minimum absolute atomic E-state index is 0.131. The predicted octanol–water partition coefficient (Wildman–Crippen LogP) is 1.77. The quantitative estimate of drug-likeness (QED) is 0.759. The number of pyridine rings is 1. The summed E-state index contributed by atoms with van der Waals surface area (Å²) < 4.78 is 0. The van der Waals surface area contributed by atoms with Gasteiger partial charge in [-0.2, -0.15) is 0 Å². The van der Waals surface area contributed by atoms with E-state index < -0.39 is 0 Å². The van der Waals surface area contributed by atoms with E-state index in [1.807, 2.05) is 0 Å². The van der Waals surface area contributed by atoms with Crippen molar-refractivity contribution in [2.45, 2.75) is 25.7 Å². The van der Waals surface area contributed by atoms with E-state index in [4.69, 9.17) is 0 Å². The van der Waals surface area contributed by atoms with Gasteiger partial charge in [-0.1, -0.05) is 6.08 Å². The molecule has 0 atom stereocenters. The molecule has 0 aliphatic heterocycles. The Labute approximate surface area is 94.7 Å². The third-order valence-electron chi connectivity index (χ3n) is 2.57. The molecule has 0 spiro atoms. The van der Waals surface area contributed by atoms with Crippen molar-refractivity contribution in [3.63, 3.8) is 0 Å². The highest BCUT2D eigenvalue weighted by Crippen LogP contribution is 2.14. The summed E-state index contributed by atoms with van der Waals surface area (Å²) in [5, 5.41) is 0. The van der Waals surface area contributed by atoms with Gasteiger partial charge in [0.25, 0.3) is 5.91 Å². The van der Waals surface area contributed by atoms with Gasteiger partial charge in [-0.25, -0.2) is 0 Å². The number of nitrogens with zero attached hydrogens (tertiary/aromatic N) is 1. The average molecular weight is 217 g/mol. The maximum Gasteiger partial charge on any atom is 0.269 e. The summed E-state index contributed by atoms with van der Waals surface area (Å²) in [5.41, 5.74) is 7.36. The van der Waals surface area contributed by atoms with E-state index in [0.29, 0.717) is 5.56 Å². The molecule has 2 rings (SSSR count). The van der Waals surface area contributed by atoms with Crippen LogP contribution in [0.25, 0.3) is 0 Å². The van der Waals surface area contributed by atoms with Crippen molar-refractivity contribution in [1.82, 2.24) is 15.8 Å². The number of rotatable bonds is 3. The van der Waals surface area contributed by atoms with E-state index in [9.17, 15) is 4.79 Å². The Morgan fingerprint density at radius 1 is 1.25 bits per heavy atom. The largest absolute Gasteiger partial charge is 0.303 e. The lowest BCUT2D eigenvalue weighted by atomic mass is 10.1. The van der Waals surface area contributed by atoms with Gasteiger partial charge in [-0.3, -0.25) is 15.2 Å². The predicted molar refractivity (Wildman–Crippen MR) is 61.4 cm³/mol. The fourth-order valence-electron chi connectivity index (χ4n) is 1.66. The van der Waals surface area contributed by atoms with Crippen LogP contribution in [0.2, 0.25) is 0 Å². The lowest BCUT2D eigenvalue weighted by molar-refractivity contribution is 0.0938. The van der Waals surface area contributed by atoms with Gasteiger partial charge < -0.3 is 5.43 Å². The second-order valence-corrected chi connectivity index (χ2v) is 3.79. The number of carbonyl (C=O) groups excluding carboxylic acids is 1. The number of aromatic nitrogens is 1. The van der Waals surface area contributed by atoms with E-state index >= 15 is 0 Å². The van der Waals surface area contributed by atoms with Crippen LogP contribution in [0.1, 0.15) is 36.0 Å². The first-order valence-corrected chi connectivity index (χ1v) is 5.52. The Balaban J connectivity index is 1.86. The van der Waals surface area contributed by atoms with Crippen molar-refractivity contribution < 1.29 is 4.79 Å². The zero-order valence-electron chi connectivity index (χ0n) is 9.07. The molecule has 0 aromatic carbocycles. The van der Waals surface area contributed by atoms with Crippen molar-refractivity contribution in [2.75, 3.05) is 0 Å². The van der Waals surface area contributed by atoms with Gasteiger partial charge in [-0.05, 0) is 37.8 Å². The molecule has 1 amide bonds. The average Bonchev–Trinajstić information content (AvgIpc) is 2.38. The van der Waals surface area contributed by atoms with E-state index in [-0.39, 0.29) is 5.91 Å². The Kier molecular flexibility index (Phi) is 3.53. The first kappa shape index (κ1) is 10.7. The Hall–Kier alpha value is -1.84. The monoisotopic (exact) mass is 217 g/mol. The highest BCUT2D eigenvalue weighted by atomic mass is 16.2. The Morgan fingerprint density at radius 2 is 2.06 bits per heavy atom. The van der Waals surface area contributed by atoms with Gasteiger partial charge in [0, 0.05) is 23.7 Å². The number of allylic oxidation sites excluding steroid dienone is 2. The lowest BCUT2D eigenvalue weighted by Crippen LogP contribution is -2.37. The summed E-state index contributed by atoms with van der Waals surface area (Å²) in [7, 11) is 0. The molecule has 1 heterocycles. The highest BCUT2D eigenvalue weighted by molar-refractivity contribution is 5.93. The smallest absolute Gasteiger partial charge is 0.269 e. The van der Waals surface area contributed by atoms with Crippen molar-refractivity contribution in [3.8, 4) is 0 Å². The van der Waals surface area contributed by atoms with E-state index in [0.717, 1.165) is 18.5 Å². The molecule has 4 heteroatoms.